The third-order valence-corrected chi connectivity index (χ3v) is 4.77. The smallest absolute Gasteiger partial charge is 0.337 e. The average molecular weight is 430 g/mol. The van der Waals surface area contributed by atoms with Crippen molar-refractivity contribution in [3.63, 3.8) is 0 Å². The van der Waals surface area contributed by atoms with Crippen molar-refractivity contribution in [2.24, 2.45) is 0 Å². The lowest BCUT2D eigenvalue weighted by Crippen LogP contribution is -2.15. The number of ether oxygens (including phenoxy) is 2. The van der Waals surface area contributed by atoms with Crippen molar-refractivity contribution in [1.29, 1.82) is 0 Å². The van der Waals surface area contributed by atoms with Crippen LogP contribution < -0.4 is 5.32 Å². The van der Waals surface area contributed by atoms with Gasteiger partial charge in [-0.15, -0.1) is 0 Å². The van der Waals surface area contributed by atoms with Crippen LogP contribution in [-0.2, 0) is 9.47 Å². The second-order valence-corrected chi connectivity index (χ2v) is 6.79. The molecular weight excluding hydrogens is 412 g/mol. The monoisotopic (exact) mass is 430 g/mol. The van der Waals surface area contributed by atoms with Gasteiger partial charge in [0.25, 0.3) is 5.91 Å². The van der Waals surface area contributed by atoms with Crippen molar-refractivity contribution in [2.45, 2.75) is 0 Å². The minimum Gasteiger partial charge on any atom is -0.465 e. The Labute approximate surface area is 182 Å². The molecule has 0 saturated carbocycles. The maximum Gasteiger partial charge on any atom is 0.337 e. The molecular formula is C24H18N2O6. The van der Waals surface area contributed by atoms with Crippen molar-refractivity contribution in [3.05, 3.63) is 83.6 Å². The van der Waals surface area contributed by atoms with Gasteiger partial charge in [0.05, 0.1) is 42.7 Å². The van der Waals surface area contributed by atoms with Crippen LogP contribution >= 0.6 is 0 Å². The molecule has 0 atom stereocenters. The van der Waals surface area contributed by atoms with Gasteiger partial charge < -0.3 is 19.2 Å². The van der Waals surface area contributed by atoms with Gasteiger partial charge in [0.1, 0.15) is 5.69 Å². The number of hydrogen-bond acceptors (Lipinski definition) is 7. The molecule has 8 nitrogen and oxygen atoms in total. The molecule has 0 bridgehead atoms. The van der Waals surface area contributed by atoms with Crippen LogP contribution in [0.15, 0.2) is 71.3 Å². The summed E-state index contributed by atoms with van der Waals surface area (Å²) in [7, 11) is 2.45. The maximum atomic E-state index is 13.2. The summed E-state index contributed by atoms with van der Waals surface area (Å²) in [6.45, 7) is 0. The normalized spacial score (nSPS) is 10.6. The first-order chi connectivity index (χ1) is 15.5. The Bertz CT molecular complexity index is 1290. The summed E-state index contributed by atoms with van der Waals surface area (Å²) in [5.74, 6) is -1.24. The number of nitrogens with zero attached hydrogens (tertiary/aromatic N) is 1. The van der Waals surface area contributed by atoms with Gasteiger partial charge in [-0.05, 0) is 42.5 Å². The molecule has 8 heteroatoms. The van der Waals surface area contributed by atoms with E-state index in [2.05, 4.69) is 10.3 Å². The van der Waals surface area contributed by atoms with E-state index in [0.717, 1.165) is 0 Å². The Kier molecular flexibility index (Phi) is 5.67. The van der Waals surface area contributed by atoms with Crippen molar-refractivity contribution >= 4 is 34.4 Å². The van der Waals surface area contributed by atoms with Crippen LogP contribution in [0.1, 0.15) is 31.1 Å². The number of methoxy groups -OCH3 is 2. The minimum atomic E-state index is -0.652. The lowest BCUT2D eigenvalue weighted by atomic mass is 10.1. The number of carbonyl (C=O) groups is 3. The quantitative estimate of drug-likeness (QED) is 0.470. The summed E-state index contributed by atoms with van der Waals surface area (Å²) in [6.07, 6.45) is 1.53. The first kappa shape index (κ1) is 20.8. The van der Waals surface area contributed by atoms with Crippen LogP contribution in [-0.4, -0.2) is 37.0 Å². The summed E-state index contributed by atoms with van der Waals surface area (Å²) in [5.41, 5.74) is 1.90. The second kappa shape index (κ2) is 8.73. The number of furan rings is 1. The summed E-state index contributed by atoms with van der Waals surface area (Å²) >= 11 is 0. The molecule has 1 N–H and O–H groups in total. The highest BCUT2D eigenvalue weighted by Crippen LogP contribution is 2.26. The van der Waals surface area contributed by atoms with Crippen LogP contribution in [0.5, 0.6) is 0 Å². The van der Waals surface area contributed by atoms with Crippen LogP contribution in [0.2, 0.25) is 0 Å². The zero-order valence-electron chi connectivity index (χ0n) is 17.2. The molecule has 0 unspecified atom stereocenters. The van der Waals surface area contributed by atoms with E-state index in [-0.39, 0.29) is 16.8 Å². The van der Waals surface area contributed by atoms with Gasteiger partial charge in [-0.3, -0.25) is 4.79 Å². The molecule has 2 heterocycles. The number of rotatable bonds is 5. The fourth-order valence-electron chi connectivity index (χ4n) is 3.28. The molecule has 4 aromatic rings. The van der Waals surface area contributed by atoms with Crippen LogP contribution in [0.4, 0.5) is 5.69 Å². The molecule has 32 heavy (non-hydrogen) atoms. The Morgan fingerprint density at radius 3 is 2.19 bits per heavy atom. The van der Waals surface area contributed by atoms with Crippen LogP contribution in [0.3, 0.4) is 0 Å². The van der Waals surface area contributed by atoms with E-state index in [4.69, 9.17) is 13.9 Å². The molecule has 0 spiro atoms. The summed E-state index contributed by atoms with van der Waals surface area (Å²) < 4.78 is 14.9. The molecule has 4 rings (SSSR count). The fraction of sp³-hybridized carbons (Fsp3) is 0.0833. The highest BCUT2D eigenvalue weighted by molar-refractivity contribution is 6.13. The number of aromatic nitrogens is 1. The molecule has 2 aromatic carbocycles. The van der Waals surface area contributed by atoms with Gasteiger partial charge in [-0.2, -0.15) is 0 Å². The van der Waals surface area contributed by atoms with Crippen LogP contribution in [0.25, 0.3) is 22.4 Å². The van der Waals surface area contributed by atoms with Gasteiger partial charge in [0.15, 0.2) is 5.76 Å². The predicted octanol–water partition coefficient (Wildman–Crippen LogP) is 4.32. The van der Waals surface area contributed by atoms with E-state index in [1.807, 2.05) is 6.07 Å². The molecule has 2 aromatic heterocycles. The molecule has 1 amide bonds. The number of anilines is 1. The molecule has 0 aliphatic rings. The van der Waals surface area contributed by atoms with Crippen molar-refractivity contribution < 1.29 is 28.3 Å². The Morgan fingerprint density at radius 1 is 0.875 bits per heavy atom. The maximum absolute atomic E-state index is 13.2. The topological polar surface area (TPSA) is 108 Å². The SMILES string of the molecule is COC(=O)c1cc(NC(=O)c2cc(-c3ccco3)nc3ccccc23)cc(C(=O)OC)c1. The largest absolute Gasteiger partial charge is 0.465 e. The average Bonchev–Trinajstić information content (AvgIpc) is 3.37. The highest BCUT2D eigenvalue weighted by Gasteiger charge is 2.18. The lowest BCUT2D eigenvalue weighted by molar-refractivity contribution is 0.0599. The van der Waals surface area contributed by atoms with Crippen LogP contribution in [0, 0.1) is 0 Å². The number of para-hydroxylation sites is 1. The van der Waals surface area contributed by atoms with E-state index >= 15 is 0 Å². The summed E-state index contributed by atoms with van der Waals surface area (Å²) in [5, 5.41) is 3.39. The lowest BCUT2D eigenvalue weighted by Gasteiger charge is -2.12. The highest BCUT2D eigenvalue weighted by atomic mass is 16.5. The van der Waals surface area contributed by atoms with E-state index in [1.54, 1.807) is 36.4 Å². The first-order valence-electron chi connectivity index (χ1n) is 9.57. The third kappa shape index (κ3) is 4.06. The summed E-state index contributed by atoms with van der Waals surface area (Å²) in [6, 6.07) is 16.5. The number of benzene rings is 2. The number of amides is 1. The van der Waals surface area contributed by atoms with E-state index in [1.165, 1.54) is 38.7 Å². The molecule has 0 aliphatic heterocycles. The molecule has 0 radical (unpaired) electrons. The van der Waals surface area contributed by atoms with Gasteiger partial charge in [-0.1, -0.05) is 18.2 Å². The predicted molar refractivity (Wildman–Crippen MR) is 117 cm³/mol. The van der Waals surface area contributed by atoms with Gasteiger partial charge in [-0.25, -0.2) is 14.6 Å². The number of nitrogens with one attached hydrogen (secondary N) is 1. The molecule has 0 fully saturated rings. The number of esters is 2. The van der Waals surface area contributed by atoms with E-state index in [9.17, 15) is 14.4 Å². The van der Waals surface area contributed by atoms with Gasteiger partial charge >= 0.3 is 11.9 Å². The zero-order valence-corrected chi connectivity index (χ0v) is 17.2. The Balaban J connectivity index is 1.77. The minimum absolute atomic E-state index is 0.0987. The second-order valence-electron chi connectivity index (χ2n) is 6.79. The van der Waals surface area contributed by atoms with E-state index in [0.29, 0.717) is 27.9 Å². The standard InChI is InChI=1S/C24H18N2O6/c1-30-23(28)14-10-15(24(29)31-2)12-16(11-14)25-22(27)18-13-20(21-8-5-9-32-21)26-19-7-4-3-6-17(18)19/h3-13H,1-2H3,(H,25,27). The zero-order chi connectivity index (χ0) is 22.7. The molecule has 160 valence electrons. The van der Waals surface area contributed by atoms with Crippen molar-refractivity contribution in [1.82, 2.24) is 4.98 Å². The first-order valence-corrected chi connectivity index (χ1v) is 9.57. The van der Waals surface area contributed by atoms with Gasteiger partial charge in [0.2, 0.25) is 0 Å². The number of pyridine rings is 1. The molecule has 0 saturated heterocycles. The summed E-state index contributed by atoms with van der Waals surface area (Å²) in [4.78, 5) is 41.9. The Morgan fingerprint density at radius 2 is 1.56 bits per heavy atom. The molecule has 0 aliphatic carbocycles. The fourth-order valence-corrected chi connectivity index (χ4v) is 3.28. The van der Waals surface area contributed by atoms with Gasteiger partial charge in [0, 0.05) is 11.1 Å². The van der Waals surface area contributed by atoms with E-state index < -0.39 is 17.8 Å². The third-order valence-electron chi connectivity index (χ3n) is 4.77. The Hall–Kier alpha value is -4.46. The number of carbonyl (C=O) groups excluding carboxylic acids is 3. The van der Waals surface area contributed by atoms with Crippen molar-refractivity contribution in [2.75, 3.05) is 19.5 Å². The number of hydrogen-bond donors (Lipinski definition) is 1. The van der Waals surface area contributed by atoms with Crippen molar-refractivity contribution in [3.8, 4) is 11.5 Å². The number of fused-ring (bicyclic) bond motifs is 1.